The van der Waals surface area contributed by atoms with E-state index >= 15 is 0 Å². The number of nitrogens with one attached hydrogen (secondary N) is 1. The van der Waals surface area contributed by atoms with Gasteiger partial charge in [-0.15, -0.1) is 5.10 Å². The fraction of sp³-hybridized carbons (Fsp3) is 0.407. The van der Waals surface area contributed by atoms with Crippen molar-refractivity contribution in [3.63, 3.8) is 0 Å². The molecule has 1 atom stereocenters. The molecule has 206 valence electrons. The van der Waals surface area contributed by atoms with Gasteiger partial charge in [-0.1, -0.05) is 6.07 Å². The second kappa shape index (κ2) is 9.99. The summed E-state index contributed by atoms with van der Waals surface area (Å²) in [5.41, 5.74) is 0.243. The van der Waals surface area contributed by atoms with Crippen LogP contribution in [0.15, 0.2) is 53.3 Å². The molecule has 0 radical (unpaired) electrons. The molecule has 1 N–H and O–H groups in total. The molecule has 2 aromatic heterocycles. The van der Waals surface area contributed by atoms with Crippen molar-refractivity contribution in [1.29, 1.82) is 0 Å². The quantitative estimate of drug-likeness (QED) is 0.405. The minimum atomic E-state index is -4.41. The van der Waals surface area contributed by atoms with E-state index in [2.05, 4.69) is 25.4 Å². The van der Waals surface area contributed by atoms with Crippen molar-refractivity contribution >= 4 is 16.6 Å². The third kappa shape index (κ3) is 5.33. The molecule has 0 bridgehead atoms. The van der Waals surface area contributed by atoms with Crippen LogP contribution in [0.2, 0.25) is 0 Å². The number of ether oxygens (including phenoxy) is 1. The molecular formula is C27H30F3N7O2. The summed E-state index contributed by atoms with van der Waals surface area (Å²) >= 11 is 0. The fourth-order valence-electron chi connectivity index (χ4n) is 4.99. The lowest BCUT2D eigenvalue weighted by Crippen LogP contribution is -2.49. The Kier molecular flexibility index (Phi) is 6.83. The van der Waals surface area contributed by atoms with Gasteiger partial charge in [0, 0.05) is 43.5 Å². The third-order valence-corrected chi connectivity index (χ3v) is 6.97. The number of piperazine rings is 1. The Morgan fingerprint density at radius 1 is 1.00 bits per heavy atom. The topological polar surface area (TPSA) is 92.2 Å². The average molecular weight is 542 g/mol. The first-order valence-electron chi connectivity index (χ1n) is 12.6. The number of aromatic amines is 1. The lowest BCUT2D eigenvalue weighted by atomic mass is 10.0. The molecule has 2 aromatic carbocycles. The second-order valence-electron chi connectivity index (χ2n) is 10.6. The highest BCUT2D eigenvalue weighted by Gasteiger charge is 2.36. The smallest absolute Gasteiger partial charge is 0.416 e. The molecule has 0 aliphatic carbocycles. The van der Waals surface area contributed by atoms with Gasteiger partial charge in [0.25, 0.3) is 5.56 Å². The highest BCUT2D eigenvalue weighted by atomic mass is 19.4. The SMILES string of the molecule is COc1ccc2cc(C(c3nnnn3C(C)(C)C)N3CCN(c4cccc(C(F)(F)F)c4)CC3)c(=O)[nH]c2c1. The number of alkyl halides is 3. The van der Waals surface area contributed by atoms with Crippen LogP contribution in [0.5, 0.6) is 5.75 Å². The largest absolute Gasteiger partial charge is 0.497 e. The normalized spacial score (nSPS) is 16.0. The fourth-order valence-corrected chi connectivity index (χ4v) is 4.99. The van der Waals surface area contributed by atoms with E-state index in [-0.39, 0.29) is 5.56 Å². The summed E-state index contributed by atoms with van der Waals surface area (Å²) in [5, 5.41) is 13.3. The van der Waals surface area contributed by atoms with Crippen LogP contribution >= 0.6 is 0 Å². The van der Waals surface area contributed by atoms with Gasteiger partial charge in [0.2, 0.25) is 0 Å². The Morgan fingerprint density at radius 2 is 1.74 bits per heavy atom. The van der Waals surface area contributed by atoms with Crippen LogP contribution in [0.1, 0.15) is 43.8 Å². The summed E-state index contributed by atoms with van der Waals surface area (Å²) in [6, 6.07) is 12.1. The molecule has 12 heteroatoms. The Morgan fingerprint density at radius 3 is 2.41 bits per heavy atom. The van der Waals surface area contributed by atoms with Gasteiger partial charge < -0.3 is 14.6 Å². The molecule has 0 spiro atoms. The second-order valence-corrected chi connectivity index (χ2v) is 10.6. The zero-order valence-electron chi connectivity index (χ0n) is 22.2. The first-order valence-corrected chi connectivity index (χ1v) is 12.6. The van der Waals surface area contributed by atoms with E-state index in [4.69, 9.17) is 4.74 Å². The Balaban J connectivity index is 1.52. The number of H-pyrrole nitrogens is 1. The van der Waals surface area contributed by atoms with Crippen molar-refractivity contribution < 1.29 is 17.9 Å². The molecule has 4 aromatic rings. The van der Waals surface area contributed by atoms with E-state index in [0.29, 0.717) is 54.5 Å². The number of anilines is 1. The molecule has 3 heterocycles. The van der Waals surface area contributed by atoms with E-state index < -0.39 is 23.3 Å². The van der Waals surface area contributed by atoms with E-state index in [1.807, 2.05) is 43.9 Å². The minimum Gasteiger partial charge on any atom is -0.497 e. The van der Waals surface area contributed by atoms with Gasteiger partial charge in [-0.3, -0.25) is 9.69 Å². The van der Waals surface area contributed by atoms with Crippen molar-refractivity contribution in [2.45, 2.75) is 38.5 Å². The number of pyridine rings is 1. The zero-order valence-corrected chi connectivity index (χ0v) is 22.2. The summed E-state index contributed by atoms with van der Waals surface area (Å²) in [4.78, 5) is 20.5. The Hall–Kier alpha value is -3.93. The molecule has 39 heavy (non-hydrogen) atoms. The maximum atomic E-state index is 13.5. The Labute approximate surface area is 223 Å². The summed E-state index contributed by atoms with van der Waals surface area (Å²) < 4.78 is 46.9. The van der Waals surface area contributed by atoms with E-state index in [1.165, 1.54) is 12.1 Å². The molecule has 1 saturated heterocycles. The number of aromatic nitrogens is 5. The van der Waals surface area contributed by atoms with Crippen LogP contribution in [0, 0.1) is 0 Å². The van der Waals surface area contributed by atoms with Gasteiger partial charge in [-0.25, -0.2) is 4.68 Å². The van der Waals surface area contributed by atoms with Crippen molar-refractivity contribution in [2.24, 2.45) is 0 Å². The highest BCUT2D eigenvalue weighted by molar-refractivity contribution is 5.80. The predicted octanol–water partition coefficient (Wildman–Crippen LogP) is 4.21. The molecule has 1 unspecified atom stereocenters. The van der Waals surface area contributed by atoms with Crippen LogP contribution in [0.4, 0.5) is 18.9 Å². The maximum absolute atomic E-state index is 13.5. The van der Waals surface area contributed by atoms with Gasteiger partial charge in [-0.05, 0) is 73.0 Å². The van der Waals surface area contributed by atoms with Crippen molar-refractivity contribution in [2.75, 3.05) is 38.2 Å². The maximum Gasteiger partial charge on any atom is 0.416 e. The number of fused-ring (bicyclic) bond motifs is 1. The van der Waals surface area contributed by atoms with Crippen LogP contribution in [-0.4, -0.2) is 63.4 Å². The lowest BCUT2D eigenvalue weighted by molar-refractivity contribution is -0.137. The minimum absolute atomic E-state index is 0.274. The zero-order chi connectivity index (χ0) is 27.9. The number of tetrazole rings is 1. The van der Waals surface area contributed by atoms with Gasteiger partial charge in [0.1, 0.15) is 11.8 Å². The number of methoxy groups -OCH3 is 1. The standard InChI is InChI=1S/C27H30F3N7O2/c1-26(2,3)37-24(32-33-34-37)23(21-14-17-8-9-20(39-4)16-22(17)31-25(21)38)36-12-10-35(11-13-36)19-7-5-6-18(15-19)27(28,29)30/h5-9,14-16,23H,10-13H2,1-4H3,(H,31,38). The molecule has 5 rings (SSSR count). The van der Waals surface area contributed by atoms with Crippen LogP contribution in [0.25, 0.3) is 10.9 Å². The average Bonchev–Trinajstić information content (AvgIpc) is 3.39. The first-order chi connectivity index (χ1) is 18.5. The number of nitrogens with zero attached hydrogens (tertiary/aromatic N) is 6. The predicted molar refractivity (Wildman–Crippen MR) is 141 cm³/mol. The van der Waals surface area contributed by atoms with Crippen LogP contribution in [-0.2, 0) is 11.7 Å². The summed E-state index contributed by atoms with van der Waals surface area (Å²) in [6.07, 6.45) is -4.41. The molecule has 9 nitrogen and oxygen atoms in total. The first kappa shape index (κ1) is 26.7. The number of rotatable bonds is 5. The van der Waals surface area contributed by atoms with Gasteiger partial charge in [0.05, 0.1) is 23.7 Å². The number of halogens is 3. The van der Waals surface area contributed by atoms with Crippen molar-refractivity contribution in [3.8, 4) is 5.75 Å². The molecule has 1 aliphatic rings. The Bertz CT molecular complexity index is 1530. The van der Waals surface area contributed by atoms with E-state index in [9.17, 15) is 18.0 Å². The summed E-state index contributed by atoms with van der Waals surface area (Å²) in [5.74, 6) is 1.15. The number of benzene rings is 2. The highest BCUT2D eigenvalue weighted by Crippen LogP contribution is 2.34. The van der Waals surface area contributed by atoms with Crippen molar-refractivity contribution in [1.82, 2.24) is 30.1 Å². The summed E-state index contributed by atoms with van der Waals surface area (Å²) in [7, 11) is 1.56. The van der Waals surface area contributed by atoms with Gasteiger partial charge >= 0.3 is 6.18 Å². The third-order valence-electron chi connectivity index (χ3n) is 6.97. The van der Waals surface area contributed by atoms with Gasteiger partial charge in [0.15, 0.2) is 5.82 Å². The van der Waals surface area contributed by atoms with Gasteiger partial charge in [-0.2, -0.15) is 13.2 Å². The molecule has 1 fully saturated rings. The lowest BCUT2D eigenvalue weighted by Gasteiger charge is -2.40. The van der Waals surface area contributed by atoms with Crippen LogP contribution < -0.4 is 15.2 Å². The number of hydrogen-bond acceptors (Lipinski definition) is 7. The molecule has 0 saturated carbocycles. The monoisotopic (exact) mass is 541 g/mol. The van der Waals surface area contributed by atoms with E-state index in [1.54, 1.807) is 23.9 Å². The molecular weight excluding hydrogens is 511 g/mol. The molecule has 0 amide bonds. The molecule has 1 aliphatic heterocycles. The van der Waals surface area contributed by atoms with E-state index in [0.717, 1.165) is 11.5 Å². The summed E-state index contributed by atoms with van der Waals surface area (Å²) in [6.45, 7) is 7.84. The van der Waals surface area contributed by atoms with Crippen molar-refractivity contribution in [3.05, 3.63) is 75.8 Å². The number of hydrogen-bond donors (Lipinski definition) is 1. The van der Waals surface area contributed by atoms with Crippen LogP contribution in [0.3, 0.4) is 0 Å².